The van der Waals surface area contributed by atoms with E-state index in [1.165, 1.54) is 5.56 Å². The minimum Gasteiger partial charge on any atom is -0.504 e. The molecule has 2 aromatic carbocycles. The standard InChI is InChI=1S/C15H16O2/c1-12-7-8-15(14(16)11-12)17-10-9-13-5-3-2-4-6-13/h2-8,11,16H,9-10H2,1H3. The van der Waals surface area contributed by atoms with Gasteiger partial charge >= 0.3 is 0 Å². The minimum absolute atomic E-state index is 0.207. The van der Waals surface area contributed by atoms with Crippen LogP contribution < -0.4 is 4.74 Å². The first kappa shape index (κ1) is 11.5. The van der Waals surface area contributed by atoms with Gasteiger partial charge in [-0.05, 0) is 30.2 Å². The van der Waals surface area contributed by atoms with Crippen molar-refractivity contribution in [2.45, 2.75) is 13.3 Å². The van der Waals surface area contributed by atoms with Gasteiger partial charge in [-0.1, -0.05) is 36.4 Å². The first-order valence-corrected chi connectivity index (χ1v) is 5.72. The maximum Gasteiger partial charge on any atom is 0.160 e. The van der Waals surface area contributed by atoms with E-state index in [1.54, 1.807) is 12.1 Å². The van der Waals surface area contributed by atoms with Gasteiger partial charge in [-0.3, -0.25) is 0 Å². The van der Waals surface area contributed by atoms with Crippen molar-refractivity contribution in [2.24, 2.45) is 0 Å². The van der Waals surface area contributed by atoms with Crippen LogP contribution in [0.2, 0.25) is 0 Å². The monoisotopic (exact) mass is 228 g/mol. The van der Waals surface area contributed by atoms with Crippen LogP contribution in [-0.2, 0) is 6.42 Å². The van der Waals surface area contributed by atoms with E-state index in [0.29, 0.717) is 12.4 Å². The van der Waals surface area contributed by atoms with E-state index in [1.807, 2.05) is 31.2 Å². The van der Waals surface area contributed by atoms with E-state index in [2.05, 4.69) is 12.1 Å². The molecular weight excluding hydrogens is 212 g/mol. The van der Waals surface area contributed by atoms with Crippen LogP contribution in [0.3, 0.4) is 0 Å². The molecule has 88 valence electrons. The Morgan fingerprint density at radius 3 is 2.53 bits per heavy atom. The summed E-state index contributed by atoms with van der Waals surface area (Å²) < 4.78 is 5.55. The molecule has 17 heavy (non-hydrogen) atoms. The predicted octanol–water partition coefficient (Wildman–Crippen LogP) is 3.32. The van der Waals surface area contributed by atoms with E-state index in [0.717, 1.165) is 12.0 Å². The van der Waals surface area contributed by atoms with Crippen LogP contribution in [0.5, 0.6) is 11.5 Å². The number of phenols is 1. The normalized spacial score (nSPS) is 10.2. The molecule has 0 fully saturated rings. The van der Waals surface area contributed by atoms with Crippen molar-refractivity contribution in [2.75, 3.05) is 6.61 Å². The van der Waals surface area contributed by atoms with Crippen LogP contribution in [0.1, 0.15) is 11.1 Å². The van der Waals surface area contributed by atoms with Gasteiger partial charge < -0.3 is 9.84 Å². The van der Waals surface area contributed by atoms with Crippen LogP contribution in [0.25, 0.3) is 0 Å². The van der Waals surface area contributed by atoms with Crippen molar-refractivity contribution in [3.8, 4) is 11.5 Å². The smallest absolute Gasteiger partial charge is 0.160 e. The molecule has 2 aromatic rings. The molecule has 0 saturated carbocycles. The average molecular weight is 228 g/mol. The highest BCUT2D eigenvalue weighted by Gasteiger charge is 2.01. The fraction of sp³-hybridized carbons (Fsp3) is 0.200. The predicted molar refractivity (Wildman–Crippen MR) is 68.5 cm³/mol. The van der Waals surface area contributed by atoms with E-state index in [-0.39, 0.29) is 5.75 Å². The van der Waals surface area contributed by atoms with Gasteiger partial charge in [0, 0.05) is 6.42 Å². The summed E-state index contributed by atoms with van der Waals surface area (Å²) in [4.78, 5) is 0. The summed E-state index contributed by atoms with van der Waals surface area (Å²) in [6.45, 7) is 2.51. The Kier molecular flexibility index (Phi) is 3.66. The molecule has 1 N–H and O–H groups in total. The van der Waals surface area contributed by atoms with Gasteiger partial charge in [0.2, 0.25) is 0 Å². The third-order valence-corrected chi connectivity index (χ3v) is 2.61. The summed E-state index contributed by atoms with van der Waals surface area (Å²) in [6, 6.07) is 15.6. The van der Waals surface area contributed by atoms with Crippen molar-refractivity contribution in [1.82, 2.24) is 0 Å². The second-order valence-electron chi connectivity index (χ2n) is 4.06. The van der Waals surface area contributed by atoms with Crippen molar-refractivity contribution in [3.63, 3.8) is 0 Å². The topological polar surface area (TPSA) is 29.5 Å². The van der Waals surface area contributed by atoms with Crippen molar-refractivity contribution in [1.29, 1.82) is 0 Å². The molecule has 2 heteroatoms. The second-order valence-corrected chi connectivity index (χ2v) is 4.06. The number of hydrogen-bond acceptors (Lipinski definition) is 2. The Morgan fingerprint density at radius 1 is 1.06 bits per heavy atom. The summed E-state index contributed by atoms with van der Waals surface area (Å²) in [5.41, 5.74) is 2.26. The lowest BCUT2D eigenvalue weighted by molar-refractivity contribution is 0.303. The Labute approximate surface area is 101 Å². The van der Waals surface area contributed by atoms with E-state index >= 15 is 0 Å². The lowest BCUT2D eigenvalue weighted by atomic mass is 10.2. The highest BCUT2D eigenvalue weighted by molar-refractivity contribution is 5.41. The summed E-state index contributed by atoms with van der Waals surface area (Å²) >= 11 is 0. The number of rotatable bonds is 4. The van der Waals surface area contributed by atoms with Gasteiger partial charge in [-0.25, -0.2) is 0 Å². The Balaban J connectivity index is 1.90. The molecule has 0 aliphatic rings. The quantitative estimate of drug-likeness (QED) is 0.869. The Morgan fingerprint density at radius 2 is 1.82 bits per heavy atom. The highest BCUT2D eigenvalue weighted by atomic mass is 16.5. The van der Waals surface area contributed by atoms with E-state index in [4.69, 9.17) is 4.74 Å². The second kappa shape index (κ2) is 5.39. The number of aryl methyl sites for hydroxylation is 1. The number of ether oxygens (including phenoxy) is 1. The molecule has 0 aromatic heterocycles. The van der Waals surface area contributed by atoms with Gasteiger partial charge in [0.05, 0.1) is 6.61 Å². The molecule has 2 rings (SSSR count). The van der Waals surface area contributed by atoms with Crippen molar-refractivity contribution >= 4 is 0 Å². The first-order valence-electron chi connectivity index (χ1n) is 5.72. The fourth-order valence-electron chi connectivity index (χ4n) is 1.67. The lowest BCUT2D eigenvalue weighted by Crippen LogP contribution is -2.01. The van der Waals surface area contributed by atoms with Crippen LogP contribution in [0.15, 0.2) is 48.5 Å². The number of phenolic OH excluding ortho intramolecular Hbond substituents is 1. The SMILES string of the molecule is Cc1ccc(OCCc2ccccc2)c(O)c1. The van der Waals surface area contributed by atoms with Gasteiger partial charge in [0.25, 0.3) is 0 Å². The number of benzene rings is 2. The fourth-order valence-corrected chi connectivity index (χ4v) is 1.67. The van der Waals surface area contributed by atoms with E-state index < -0.39 is 0 Å². The third kappa shape index (κ3) is 3.25. The third-order valence-electron chi connectivity index (χ3n) is 2.61. The van der Waals surface area contributed by atoms with Gasteiger partial charge in [-0.15, -0.1) is 0 Å². The average Bonchev–Trinajstić information content (AvgIpc) is 2.33. The Bertz CT molecular complexity index is 478. The molecule has 0 radical (unpaired) electrons. The molecule has 0 atom stereocenters. The highest BCUT2D eigenvalue weighted by Crippen LogP contribution is 2.26. The number of aromatic hydroxyl groups is 1. The molecule has 0 amide bonds. The maximum absolute atomic E-state index is 9.66. The van der Waals surface area contributed by atoms with E-state index in [9.17, 15) is 5.11 Å². The summed E-state index contributed by atoms with van der Waals surface area (Å²) in [7, 11) is 0. The molecule has 0 heterocycles. The molecule has 0 saturated heterocycles. The molecule has 0 unspecified atom stereocenters. The van der Waals surface area contributed by atoms with Gasteiger partial charge in [-0.2, -0.15) is 0 Å². The molecule has 0 aliphatic carbocycles. The van der Waals surface area contributed by atoms with Crippen LogP contribution in [0, 0.1) is 6.92 Å². The van der Waals surface area contributed by atoms with Crippen LogP contribution in [-0.4, -0.2) is 11.7 Å². The van der Waals surface area contributed by atoms with Crippen LogP contribution in [0.4, 0.5) is 0 Å². The van der Waals surface area contributed by atoms with Crippen molar-refractivity contribution in [3.05, 3.63) is 59.7 Å². The first-order chi connectivity index (χ1) is 8.25. The summed E-state index contributed by atoms with van der Waals surface area (Å²) in [5, 5.41) is 9.66. The summed E-state index contributed by atoms with van der Waals surface area (Å²) in [5.74, 6) is 0.754. The molecular formula is C15H16O2. The van der Waals surface area contributed by atoms with Crippen LogP contribution >= 0.6 is 0 Å². The zero-order valence-electron chi connectivity index (χ0n) is 9.89. The lowest BCUT2D eigenvalue weighted by Gasteiger charge is -2.08. The summed E-state index contributed by atoms with van der Waals surface area (Å²) in [6.07, 6.45) is 0.841. The minimum atomic E-state index is 0.207. The number of hydrogen-bond donors (Lipinski definition) is 1. The molecule has 0 aliphatic heterocycles. The molecule has 0 bridgehead atoms. The molecule has 0 spiro atoms. The zero-order chi connectivity index (χ0) is 12.1. The van der Waals surface area contributed by atoms with Gasteiger partial charge in [0.1, 0.15) is 0 Å². The van der Waals surface area contributed by atoms with Gasteiger partial charge in [0.15, 0.2) is 11.5 Å². The van der Waals surface area contributed by atoms with Crippen molar-refractivity contribution < 1.29 is 9.84 Å². The molecule has 2 nitrogen and oxygen atoms in total. The largest absolute Gasteiger partial charge is 0.504 e. The zero-order valence-corrected chi connectivity index (χ0v) is 9.89. The maximum atomic E-state index is 9.66. The Hall–Kier alpha value is -1.96.